The highest BCUT2D eigenvalue weighted by molar-refractivity contribution is 5.61. The Balaban J connectivity index is 1.67. The van der Waals surface area contributed by atoms with Gasteiger partial charge in [0, 0.05) is 12.7 Å². The van der Waals surface area contributed by atoms with E-state index in [0.717, 1.165) is 5.69 Å². The van der Waals surface area contributed by atoms with Crippen LogP contribution in [0.4, 0.5) is 10.2 Å². The molecule has 3 N–H and O–H groups in total. The van der Waals surface area contributed by atoms with Crippen LogP contribution in [-0.4, -0.2) is 49.8 Å². The van der Waals surface area contributed by atoms with E-state index in [4.69, 9.17) is 0 Å². The topological polar surface area (TPSA) is 87.4 Å². The zero-order chi connectivity index (χ0) is 19.0. The molecular formula is C19H23FN6O. The van der Waals surface area contributed by atoms with Crippen LogP contribution in [0.1, 0.15) is 26.0 Å². The number of rotatable bonds is 4. The average Bonchev–Trinajstić information content (AvgIpc) is 3.06. The number of piperidine rings is 1. The van der Waals surface area contributed by atoms with E-state index >= 15 is 0 Å². The molecule has 0 aliphatic carbocycles. The van der Waals surface area contributed by atoms with Crippen molar-refractivity contribution >= 4 is 11.5 Å². The molecule has 8 heteroatoms. The fourth-order valence-electron chi connectivity index (χ4n) is 3.21. The fraction of sp³-hybridized carbons (Fsp3) is 0.421. The summed E-state index contributed by atoms with van der Waals surface area (Å²) in [5, 5.41) is 16.6. The Morgan fingerprint density at radius 2 is 2.15 bits per heavy atom. The molecule has 0 spiro atoms. The van der Waals surface area contributed by atoms with Crippen LogP contribution in [0.15, 0.2) is 36.8 Å². The number of anilines is 1. The second-order valence-electron chi connectivity index (χ2n) is 7.37. The molecule has 1 aliphatic rings. The number of imidazole rings is 1. The third-order valence-corrected chi connectivity index (χ3v) is 4.77. The van der Waals surface area contributed by atoms with Gasteiger partial charge >= 0.3 is 0 Å². The number of hydrogen-bond donors (Lipinski definition) is 3. The summed E-state index contributed by atoms with van der Waals surface area (Å²) in [6, 6.07) is 5.30. The van der Waals surface area contributed by atoms with E-state index < -0.39 is 11.8 Å². The molecule has 1 saturated heterocycles. The molecule has 1 fully saturated rings. The normalized spacial score (nSPS) is 20.7. The third kappa shape index (κ3) is 3.63. The number of fused-ring (bicyclic) bond motifs is 1. The number of aromatic nitrogens is 4. The maximum absolute atomic E-state index is 14.1. The molecule has 7 nitrogen and oxygen atoms in total. The second kappa shape index (κ2) is 6.86. The highest BCUT2D eigenvalue weighted by Gasteiger charge is 2.25. The monoisotopic (exact) mass is 370 g/mol. The van der Waals surface area contributed by atoms with Crippen molar-refractivity contribution in [3.8, 4) is 11.4 Å². The molecule has 3 aromatic rings. The van der Waals surface area contributed by atoms with Gasteiger partial charge in [-0.05, 0) is 38.9 Å². The first-order chi connectivity index (χ1) is 12.9. The average molecular weight is 370 g/mol. The van der Waals surface area contributed by atoms with Crippen LogP contribution in [-0.2, 0) is 5.60 Å². The highest BCUT2D eigenvalue weighted by Crippen LogP contribution is 2.24. The Bertz CT molecular complexity index is 951. The number of halogens is 1. The lowest BCUT2D eigenvalue weighted by molar-refractivity contribution is 0.0734. The smallest absolute Gasteiger partial charge is 0.155 e. The standard InChI is InChI=1S/C19H23FN6O/c1-19(2,27)16-11-26-15(9-23-18(26)10-22-16)13-4-3-5-17(24-13)25-14-8-21-7-6-12(14)20/h3-5,9-12,14,21,27H,6-8H2,1-2H3,(H,24,25)/t12-,14-/m0/s1. The van der Waals surface area contributed by atoms with Crippen molar-refractivity contribution in [2.45, 2.75) is 38.1 Å². The highest BCUT2D eigenvalue weighted by atomic mass is 19.1. The van der Waals surface area contributed by atoms with Gasteiger partial charge in [0.1, 0.15) is 17.6 Å². The molecule has 0 saturated carbocycles. The number of nitrogens with one attached hydrogen (secondary N) is 2. The minimum atomic E-state index is -1.06. The molecule has 2 atom stereocenters. The van der Waals surface area contributed by atoms with Gasteiger partial charge in [0.15, 0.2) is 5.65 Å². The van der Waals surface area contributed by atoms with E-state index in [0.29, 0.717) is 42.4 Å². The van der Waals surface area contributed by atoms with Crippen LogP contribution in [0, 0.1) is 0 Å². The molecule has 27 heavy (non-hydrogen) atoms. The SMILES string of the molecule is CC(C)(O)c1cn2c(-c3cccc(N[C@H]4CNCC[C@@H]4F)n3)cnc2cn1. The van der Waals surface area contributed by atoms with E-state index in [1.807, 2.05) is 22.6 Å². The Morgan fingerprint density at radius 1 is 1.30 bits per heavy atom. The van der Waals surface area contributed by atoms with Gasteiger partial charge in [-0.1, -0.05) is 6.07 Å². The van der Waals surface area contributed by atoms with Gasteiger partial charge in [0.05, 0.1) is 35.5 Å². The van der Waals surface area contributed by atoms with Crippen LogP contribution in [0.2, 0.25) is 0 Å². The number of pyridine rings is 1. The molecule has 1 aliphatic heterocycles. The Kier molecular flexibility index (Phi) is 4.53. The second-order valence-corrected chi connectivity index (χ2v) is 7.37. The summed E-state index contributed by atoms with van der Waals surface area (Å²) < 4.78 is 16.0. The first kappa shape index (κ1) is 17.8. The van der Waals surface area contributed by atoms with E-state index in [-0.39, 0.29) is 6.04 Å². The van der Waals surface area contributed by atoms with Gasteiger partial charge in [0.25, 0.3) is 0 Å². The molecule has 0 unspecified atom stereocenters. The van der Waals surface area contributed by atoms with Crippen LogP contribution < -0.4 is 10.6 Å². The van der Waals surface area contributed by atoms with Gasteiger partial charge < -0.3 is 15.7 Å². The summed E-state index contributed by atoms with van der Waals surface area (Å²) in [7, 11) is 0. The van der Waals surface area contributed by atoms with Crippen LogP contribution in [0.3, 0.4) is 0 Å². The molecular weight excluding hydrogens is 347 g/mol. The lowest BCUT2D eigenvalue weighted by Crippen LogP contribution is -2.46. The van der Waals surface area contributed by atoms with Crippen LogP contribution in [0.5, 0.6) is 0 Å². The van der Waals surface area contributed by atoms with Crippen molar-refractivity contribution in [3.05, 3.63) is 42.5 Å². The quantitative estimate of drug-likeness (QED) is 0.652. The van der Waals surface area contributed by atoms with Crippen molar-refractivity contribution in [1.29, 1.82) is 0 Å². The van der Waals surface area contributed by atoms with Crippen LogP contribution >= 0.6 is 0 Å². The number of alkyl halides is 1. The number of hydrogen-bond acceptors (Lipinski definition) is 6. The van der Waals surface area contributed by atoms with Gasteiger partial charge in [-0.25, -0.2) is 14.4 Å². The van der Waals surface area contributed by atoms with E-state index in [1.165, 1.54) is 0 Å². The molecule has 0 amide bonds. The predicted molar refractivity (Wildman–Crippen MR) is 101 cm³/mol. The summed E-state index contributed by atoms with van der Waals surface area (Å²) in [4.78, 5) is 13.3. The molecule has 0 radical (unpaired) electrons. The first-order valence-electron chi connectivity index (χ1n) is 9.06. The van der Waals surface area contributed by atoms with E-state index in [1.54, 1.807) is 32.4 Å². The van der Waals surface area contributed by atoms with Gasteiger partial charge in [-0.2, -0.15) is 0 Å². The van der Waals surface area contributed by atoms with Crippen molar-refractivity contribution in [1.82, 2.24) is 24.7 Å². The number of nitrogens with zero attached hydrogens (tertiary/aromatic N) is 4. The molecule has 3 aromatic heterocycles. The Hall–Kier alpha value is -2.58. The maximum Gasteiger partial charge on any atom is 0.155 e. The molecule has 142 valence electrons. The maximum atomic E-state index is 14.1. The summed E-state index contributed by atoms with van der Waals surface area (Å²) in [5.74, 6) is 0.621. The van der Waals surface area contributed by atoms with Crippen molar-refractivity contribution in [3.63, 3.8) is 0 Å². The molecule has 0 aromatic carbocycles. The van der Waals surface area contributed by atoms with Crippen molar-refractivity contribution in [2.75, 3.05) is 18.4 Å². The summed E-state index contributed by atoms with van der Waals surface area (Å²) >= 11 is 0. The lowest BCUT2D eigenvalue weighted by Gasteiger charge is -2.28. The summed E-state index contributed by atoms with van der Waals surface area (Å²) in [5.41, 5.74) is 1.63. The van der Waals surface area contributed by atoms with Gasteiger partial charge in [-0.15, -0.1) is 0 Å². The van der Waals surface area contributed by atoms with Crippen LogP contribution in [0.25, 0.3) is 17.0 Å². The predicted octanol–water partition coefficient (Wildman–Crippen LogP) is 2.13. The Morgan fingerprint density at radius 3 is 2.93 bits per heavy atom. The zero-order valence-electron chi connectivity index (χ0n) is 15.4. The largest absolute Gasteiger partial charge is 0.384 e. The first-order valence-corrected chi connectivity index (χ1v) is 9.06. The van der Waals surface area contributed by atoms with Crippen molar-refractivity contribution in [2.24, 2.45) is 0 Å². The van der Waals surface area contributed by atoms with Gasteiger partial charge in [-0.3, -0.25) is 9.38 Å². The summed E-state index contributed by atoms with van der Waals surface area (Å²) in [6.45, 7) is 4.65. The third-order valence-electron chi connectivity index (χ3n) is 4.77. The van der Waals surface area contributed by atoms with Crippen molar-refractivity contribution < 1.29 is 9.50 Å². The summed E-state index contributed by atoms with van der Waals surface area (Å²) in [6.07, 6.45) is 4.71. The zero-order valence-corrected chi connectivity index (χ0v) is 15.4. The number of aliphatic hydroxyl groups is 1. The molecule has 0 bridgehead atoms. The minimum Gasteiger partial charge on any atom is -0.384 e. The minimum absolute atomic E-state index is 0.297. The van der Waals surface area contributed by atoms with E-state index in [2.05, 4.69) is 25.6 Å². The molecule has 4 rings (SSSR count). The molecule has 4 heterocycles. The fourth-order valence-corrected chi connectivity index (χ4v) is 3.21. The Labute approximate surface area is 156 Å². The lowest BCUT2D eigenvalue weighted by atomic mass is 10.1. The van der Waals surface area contributed by atoms with E-state index in [9.17, 15) is 9.50 Å². The van der Waals surface area contributed by atoms with Gasteiger partial charge in [0.2, 0.25) is 0 Å².